The molecule has 6 fully saturated rings. The van der Waals surface area contributed by atoms with Crippen molar-refractivity contribution < 1.29 is 104 Å². The number of aromatic nitrogens is 3. The normalized spacial score (nSPS) is 24.2. The van der Waals surface area contributed by atoms with Crippen LogP contribution in [0.5, 0.6) is 0 Å². The number of nitrogens with one attached hydrogen (secondary N) is 3. The van der Waals surface area contributed by atoms with Gasteiger partial charge >= 0.3 is 0 Å². The number of benzene rings is 2. The van der Waals surface area contributed by atoms with Crippen molar-refractivity contribution in [1.82, 2.24) is 30.9 Å². The van der Waals surface area contributed by atoms with Gasteiger partial charge in [0.2, 0.25) is 5.91 Å². The summed E-state index contributed by atoms with van der Waals surface area (Å²) in [6.45, 7) is 24.3. The van der Waals surface area contributed by atoms with E-state index in [0.717, 1.165) is 6.42 Å². The molecule has 6 saturated heterocycles. The molecular weight excluding hydrogens is 1350 g/mol. The number of carbonyl (C=O) groups excluding carboxylic acids is 4. The fourth-order valence-electron chi connectivity index (χ4n) is 12.1. The molecule has 0 radical (unpaired) electrons. The quantitative estimate of drug-likeness (QED) is 0.0159. The molecule has 104 heavy (non-hydrogen) atoms. The van der Waals surface area contributed by atoms with Gasteiger partial charge in [0.15, 0.2) is 35.7 Å². The number of ketones is 3. The standard InChI is InChI=1S/C36H55N5O11.C19H33N3O8.C18H23NO3/c1-27-32-33(51-35(2,3)50-32)36(26-49-34(27)52-36)25-48-21-20-46-19-18-45-17-16-44-15-13-41-23-29(39-40-41)24-47-14-12-38-31(43)10-7-11-37-22-30(42)28-8-5-4-6-9-28;1-14-15-16(29-18(2,3)28-15)19(13-27-17(14)30-19)12-26-11-10-25-9-8-24-7-6-23-5-4-21-22-20;1-2-13-22-14-7-11-17(20)10-6-12-19-15-18(21)16-8-4-3-5-9-16/h4-6,8-9,23,27,32-34,37H,7,10-22,24-26H2,1-3H3,(H,38,43);14-17H,4-13H2,1-3H3;1,3-5,8-9,19H,6-7,10-15H2/t27-,32+,33+,34-,36-;14-,15-,16-,17+,19+;/m01./s1. The summed E-state index contributed by atoms with van der Waals surface area (Å²) in [5.74, 6) is 1.55. The van der Waals surface area contributed by atoms with Crippen molar-refractivity contribution in [2.75, 3.05) is 178 Å². The van der Waals surface area contributed by atoms with E-state index in [-0.39, 0.29) is 78.6 Å². The van der Waals surface area contributed by atoms with Crippen LogP contribution in [0, 0.1) is 24.2 Å². The maximum absolute atomic E-state index is 12.1. The molecule has 0 aliphatic carbocycles. The predicted octanol–water partition coefficient (Wildman–Crippen LogP) is 5.39. The Labute approximate surface area is 610 Å². The molecule has 10 atom stereocenters. The van der Waals surface area contributed by atoms with Gasteiger partial charge in [-0.1, -0.05) is 90.8 Å². The second-order valence-corrected chi connectivity index (χ2v) is 26.6. The number of fused-ring (bicyclic) bond motifs is 8. The molecule has 2 aromatic carbocycles. The van der Waals surface area contributed by atoms with Crippen molar-refractivity contribution in [3.8, 4) is 12.3 Å². The van der Waals surface area contributed by atoms with Crippen molar-refractivity contribution in [3.05, 3.63) is 94.1 Å². The van der Waals surface area contributed by atoms with Crippen LogP contribution in [0.1, 0.15) is 106 Å². The summed E-state index contributed by atoms with van der Waals surface area (Å²) in [5, 5.41) is 20.6. The Morgan fingerprint density at radius 1 is 0.577 bits per heavy atom. The van der Waals surface area contributed by atoms with Crippen LogP contribution in [0.15, 0.2) is 72.0 Å². The predicted molar refractivity (Wildman–Crippen MR) is 376 cm³/mol. The number of amides is 1. The average molecular weight is 1470 g/mol. The highest BCUT2D eigenvalue weighted by molar-refractivity contribution is 5.98. The Morgan fingerprint density at radius 3 is 1.55 bits per heavy atom. The molecule has 6 aliphatic rings. The van der Waals surface area contributed by atoms with Gasteiger partial charge in [-0.05, 0) is 65.6 Å². The lowest BCUT2D eigenvalue weighted by atomic mass is 9.86. The van der Waals surface area contributed by atoms with Crippen molar-refractivity contribution in [3.63, 3.8) is 0 Å². The second-order valence-electron chi connectivity index (χ2n) is 26.6. The maximum atomic E-state index is 12.1. The maximum Gasteiger partial charge on any atom is 0.220 e. The van der Waals surface area contributed by atoms with Crippen LogP contribution in [0.2, 0.25) is 0 Å². The molecule has 31 nitrogen and oxygen atoms in total. The van der Waals surface area contributed by atoms with Gasteiger partial charge in [0.05, 0.1) is 170 Å². The highest BCUT2D eigenvalue weighted by Crippen LogP contribution is 2.50. The molecule has 4 bridgehead atoms. The molecule has 0 spiro atoms. The van der Waals surface area contributed by atoms with E-state index >= 15 is 0 Å². The van der Waals surface area contributed by atoms with E-state index in [1.807, 2.05) is 70.3 Å². The zero-order valence-electron chi connectivity index (χ0n) is 61.5. The van der Waals surface area contributed by atoms with Gasteiger partial charge in [0.25, 0.3) is 0 Å². The molecule has 0 unspecified atom stereocenters. The Balaban J connectivity index is 0.000000244. The number of carbonyl (C=O) groups is 4. The smallest absolute Gasteiger partial charge is 0.220 e. The minimum atomic E-state index is -0.667. The van der Waals surface area contributed by atoms with Gasteiger partial charge < -0.3 is 101 Å². The van der Waals surface area contributed by atoms with Crippen molar-refractivity contribution in [2.24, 2.45) is 17.0 Å². The zero-order valence-corrected chi connectivity index (χ0v) is 61.5. The molecule has 3 N–H and O–H groups in total. The Hall–Kier alpha value is -5.87. The van der Waals surface area contributed by atoms with Crippen molar-refractivity contribution in [2.45, 2.75) is 153 Å². The first-order chi connectivity index (χ1) is 50.5. The topological polar surface area (TPSA) is 350 Å². The van der Waals surface area contributed by atoms with E-state index in [9.17, 15) is 19.2 Å². The lowest BCUT2D eigenvalue weighted by Gasteiger charge is -2.41. The van der Waals surface area contributed by atoms with Crippen LogP contribution < -0.4 is 16.0 Å². The van der Waals surface area contributed by atoms with Crippen LogP contribution in [0.4, 0.5) is 0 Å². The number of hydrogen-bond acceptors (Lipinski definition) is 27. The highest BCUT2D eigenvalue weighted by Gasteiger charge is 2.66. The average Bonchev–Trinajstić information content (AvgIpc) is 1.58. The van der Waals surface area contributed by atoms with E-state index in [1.54, 1.807) is 28.9 Å². The molecule has 580 valence electrons. The van der Waals surface area contributed by atoms with Gasteiger partial charge in [-0.25, -0.2) is 4.68 Å². The highest BCUT2D eigenvalue weighted by atomic mass is 16.8. The molecule has 9 rings (SSSR count). The number of hydrogen-bond donors (Lipinski definition) is 3. The summed E-state index contributed by atoms with van der Waals surface area (Å²) in [4.78, 5) is 50.2. The third kappa shape index (κ3) is 30.1. The largest absolute Gasteiger partial charge is 0.379 e. The number of Topliss-reactive ketones (excluding diaryl/α,β-unsaturated/α-hetero) is 3. The molecule has 7 heterocycles. The van der Waals surface area contributed by atoms with E-state index < -0.39 is 22.8 Å². The molecule has 6 aliphatic heterocycles. The second kappa shape index (κ2) is 47.0. The van der Waals surface area contributed by atoms with Gasteiger partial charge in [-0.15, -0.1) is 11.5 Å². The van der Waals surface area contributed by atoms with Crippen LogP contribution in [0.3, 0.4) is 0 Å². The summed E-state index contributed by atoms with van der Waals surface area (Å²) >= 11 is 0. The Bertz CT molecular complexity index is 3040. The molecule has 3 aromatic rings. The first-order valence-corrected chi connectivity index (χ1v) is 36.2. The van der Waals surface area contributed by atoms with E-state index in [1.165, 1.54) is 0 Å². The van der Waals surface area contributed by atoms with Gasteiger partial charge in [0, 0.05) is 66.8 Å². The molecule has 31 heteroatoms. The SMILES string of the molecule is C#CCOCCCC(=O)CCCNCC(=O)c1ccccc1.C[C@@H]1[C@H]2OC[C@](COCCOCCOCCOCCn3cc(COCCNC(=O)CCCNCC(=O)c4ccccc4)nn3)(O2)[C@@H]2OC(C)(C)O[C@H]12.C[C@H]1[C@H]2OC[C@](COCCOCCOCCOCCN=[N+]=[N-])(O2)[C@@H]2OC(C)(C)O[C@H]12. The van der Waals surface area contributed by atoms with E-state index in [2.05, 4.69) is 56.1 Å². The van der Waals surface area contributed by atoms with Gasteiger partial charge in [0.1, 0.15) is 41.5 Å². The first kappa shape index (κ1) is 85.4. The third-order valence-electron chi connectivity index (χ3n) is 17.3. The molecule has 0 saturated carbocycles. The lowest BCUT2D eigenvalue weighted by Crippen LogP contribution is -2.59. The van der Waals surface area contributed by atoms with Gasteiger partial charge in [-0.2, -0.15) is 0 Å². The molecular formula is C73H111N9O22. The number of terminal acetylenes is 1. The van der Waals surface area contributed by atoms with Crippen LogP contribution in [-0.2, 0) is 108 Å². The first-order valence-electron chi connectivity index (χ1n) is 36.2. The number of nitrogens with zero attached hydrogens (tertiary/aromatic N) is 6. The monoisotopic (exact) mass is 1470 g/mol. The summed E-state index contributed by atoms with van der Waals surface area (Å²) in [5.41, 5.74) is 8.91. The van der Waals surface area contributed by atoms with Crippen molar-refractivity contribution in [1.29, 1.82) is 0 Å². The Kier molecular flexibility index (Phi) is 38.6. The number of azide groups is 1. The van der Waals surface area contributed by atoms with Crippen molar-refractivity contribution >= 4 is 23.3 Å². The minimum Gasteiger partial charge on any atom is -0.379 e. The number of ether oxygens (including phenoxy) is 18. The lowest BCUT2D eigenvalue weighted by molar-refractivity contribution is -0.222. The van der Waals surface area contributed by atoms with Crippen LogP contribution in [-0.4, -0.2) is 276 Å². The van der Waals surface area contributed by atoms with E-state index in [0.29, 0.717) is 234 Å². The van der Waals surface area contributed by atoms with Crippen LogP contribution in [0.25, 0.3) is 10.4 Å². The fourth-order valence-corrected chi connectivity index (χ4v) is 12.1. The minimum absolute atomic E-state index is 0.0344. The third-order valence-corrected chi connectivity index (χ3v) is 17.3. The zero-order chi connectivity index (χ0) is 74.1. The van der Waals surface area contributed by atoms with Crippen LogP contribution >= 0.6 is 0 Å². The van der Waals surface area contributed by atoms with E-state index in [4.69, 9.17) is 97.2 Å². The Morgan fingerprint density at radius 2 is 1.05 bits per heavy atom. The summed E-state index contributed by atoms with van der Waals surface area (Å²) in [7, 11) is 0. The summed E-state index contributed by atoms with van der Waals surface area (Å²) in [6, 6.07) is 18.3. The summed E-state index contributed by atoms with van der Waals surface area (Å²) in [6.07, 6.45) is 9.17. The number of rotatable bonds is 52. The fraction of sp³-hybridized carbons (Fsp3) is 0.726. The molecule has 1 aromatic heterocycles. The molecule has 1 amide bonds. The summed E-state index contributed by atoms with van der Waals surface area (Å²) < 4.78 is 106. The van der Waals surface area contributed by atoms with Gasteiger partial charge in [-0.3, -0.25) is 19.2 Å².